The summed E-state index contributed by atoms with van der Waals surface area (Å²) < 4.78 is 48.6. The van der Waals surface area contributed by atoms with Gasteiger partial charge in [0.1, 0.15) is 11.5 Å². The monoisotopic (exact) mass is 421 g/mol. The number of aliphatic carboxylic acids is 1. The summed E-state index contributed by atoms with van der Waals surface area (Å²) in [5, 5.41) is 9.20. The average molecular weight is 421 g/mol. The van der Waals surface area contributed by atoms with E-state index in [4.69, 9.17) is 9.84 Å². The quantitative estimate of drug-likeness (QED) is 0.631. The number of hydrogen-bond donors (Lipinski definition) is 1. The van der Waals surface area contributed by atoms with Crippen molar-refractivity contribution in [3.05, 3.63) is 59.3 Å². The van der Waals surface area contributed by atoms with Crippen LogP contribution in [0, 0.1) is 6.92 Å². The number of halogens is 3. The summed E-state index contributed by atoms with van der Waals surface area (Å²) in [6, 6.07) is 10.6. The van der Waals surface area contributed by atoms with Crippen LogP contribution in [0.3, 0.4) is 0 Å². The number of hydrogen-bond acceptors (Lipinski definition) is 4. The third-order valence-corrected chi connectivity index (χ3v) is 4.50. The summed E-state index contributed by atoms with van der Waals surface area (Å²) in [4.78, 5) is 22.8. The molecule has 2 aromatic carbocycles. The van der Waals surface area contributed by atoms with Gasteiger partial charge in [0, 0.05) is 18.0 Å². The number of alkyl halides is 3. The van der Waals surface area contributed by atoms with E-state index in [9.17, 15) is 22.8 Å². The van der Waals surface area contributed by atoms with Crippen LogP contribution in [0.4, 0.5) is 13.2 Å². The van der Waals surface area contributed by atoms with Crippen molar-refractivity contribution in [1.82, 2.24) is 4.57 Å². The summed E-state index contributed by atoms with van der Waals surface area (Å²) in [5.74, 6) is -1.41. The normalized spacial score (nSPS) is 11.5. The summed E-state index contributed by atoms with van der Waals surface area (Å²) in [7, 11) is 0. The molecular formula is C21H18F3NO5. The highest BCUT2D eigenvalue weighted by Gasteiger charge is 2.31. The summed E-state index contributed by atoms with van der Waals surface area (Å²) >= 11 is 0. The molecule has 6 nitrogen and oxygen atoms in total. The lowest BCUT2D eigenvalue weighted by molar-refractivity contribution is -0.274. The van der Waals surface area contributed by atoms with Crippen molar-refractivity contribution in [2.75, 3.05) is 6.61 Å². The Kier molecular flexibility index (Phi) is 5.73. The van der Waals surface area contributed by atoms with Crippen LogP contribution in [0.25, 0.3) is 10.9 Å². The molecule has 0 aliphatic carbocycles. The van der Waals surface area contributed by atoms with Gasteiger partial charge in [0.25, 0.3) is 0 Å². The molecule has 158 valence electrons. The highest BCUT2D eigenvalue weighted by molar-refractivity contribution is 5.96. The minimum Gasteiger partial charge on any atom is -0.482 e. The molecule has 0 spiro atoms. The first-order valence-electron chi connectivity index (χ1n) is 8.89. The minimum absolute atomic E-state index is 0.271. The number of carboxylic acid groups (broad SMARTS) is 1. The molecule has 0 aliphatic rings. The average Bonchev–Trinajstić information content (AvgIpc) is 2.90. The minimum atomic E-state index is -4.83. The maximum Gasteiger partial charge on any atom is 0.573 e. The second-order valence-corrected chi connectivity index (χ2v) is 6.65. The number of rotatable bonds is 6. The predicted molar refractivity (Wildman–Crippen MR) is 102 cm³/mol. The molecular weight excluding hydrogens is 403 g/mol. The van der Waals surface area contributed by atoms with Gasteiger partial charge >= 0.3 is 12.3 Å². The van der Waals surface area contributed by atoms with Crippen LogP contribution in [0.15, 0.2) is 42.5 Å². The van der Waals surface area contributed by atoms with Crippen molar-refractivity contribution in [1.29, 1.82) is 0 Å². The molecule has 0 bridgehead atoms. The van der Waals surface area contributed by atoms with E-state index >= 15 is 0 Å². The molecule has 0 atom stereocenters. The fraction of sp³-hybridized carbons (Fsp3) is 0.238. The van der Waals surface area contributed by atoms with Gasteiger partial charge in [-0.15, -0.1) is 13.2 Å². The van der Waals surface area contributed by atoms with E-state index in [0.29, 0.717) is 34.3 Å². The van der Waals surface area contributed by atoms with Crippen LogP contribution in [0.5, 0.6) is 11.5 Å². The Balaban J connectivity index is 2.05. The lowest BCUT2D eigenvalue weighted by atomic mass is 10.0. The first-order valence-corrected chi connectivity index (χ1v) is 8.89. The Morgan fingerprint density at radius 3 is 2.47 bits per heavy atom. The third-order valence-electron chi connectivity index (χ3n) is 4.50. The Morgan fingerprint density at radius 1 is 1.10 bits per heavy atom. The standard InChI is InChI=1S/C21H18F3NO5/c1-12-17(9-14-4-3-5-15(8-14)29-11-20(27)28)18-10-16(30-21(22,23)24)6-7-19(18)25(12)13(2)26/h3-8,10H,9,11H2,1-2H3,(H,27,28). The Labute approximate surface area is 169 Å². The number of ether oxygens (including phenoxy) is 2. The molecule has 9 heteroatoms. The number of nitrogens with zero attached hydrogens (tertiary/aromatic N) is 1. The lowest BCUT2D eigenvalue weighted by Crippen LogP contribution is -2.17. The summed E-state index contributed by atoms with van der Waals surface area (Å²) in [6.45, 7) is 2.59. The number of fused-ring (bicyclic) bond motifs is 1. The molecule has 0 unspecified atom stereocenters. The van der Waals surface area contributed by atoms with E-state index in [-0.39, 0.29) is 11.7 Å². The molecule has 0 amide bonds. The smallest absolute Gasteiger partial charge is 0.482 e. The van der Waals surface area contributed by atoms with Gasteiger partial charge in [-0.3, -0.25) is 9.36 Å². The Bertz CT molecular complexity index is 1120. The number of carboxylic acids is 1. The zero-order valence-corrected chi connectivity index (χ0v) is 16.1. The highest BCUT2D eigenvalue weighted by atomic mass is 19.4. The lowest BCUT2D eigenvalue weighted by Gasteiger charge is -2.09. The van der Waals surface area contributed by atoms with Crippen molar-refractivity contribution in [2.45, 2.75) is 26.6 Å². The van der Waals surface area contributed by atoms with E-state index in [0.717, 1.165) is 5.56 Å². The van der Waals surface area contributed by atoms with Crippen LogP contribution in [-0.4, -0.2) is 34.5 Å². The molecule has 1 N–H and O–H groups in total. The Hall–Kier alpha value is -3.49. The van der Waals surface area contributed by atoms with Gasteiger partial charge in [-0.1, -0.05) is 12.1 Å². The maximum absolute atomic E-state index is 12.6. The van der Waals surface area contributed by atoms with Crippen molar-refractivity contribution in [2.24, 2.45) is 0 Å². The van der Waals surface area contributed by atoms with E-state index in [1.54, 1.807) is 31.2 Å². The van der Waals surface area contributed by atoms with E-state index in [2.05, 4.69) is 4.74 Å². The van der Waals surface area contributed by atoms with Gasteiger partial charge in [-0.05, 0) is 54.8 Å². The van der Waals surface area contributed by atoms with Gasteiger partial charge in [0.15, 0.2) is 6.61 Å². The van der Waals surface area contributed by atoms with Crippen molar-refractivity contribution >= 4 is 22.8 Å². The van der Waals surface area contributed by atoms with Crippen LogP contribution >= 0.6 is 0 Å². The molecule has 1 aromatic heterocycles. The predicted octanol–water partition coefficient (Wildman–Crippen LogP) is 4.56. The zero-order valence-electron chi connectivity index (χ0n) is 16.1. The number of aromatic nitrogens is 1. The van der Waals surface area contributed by atoms with Crippen molar-refractivity contribution < 1.29 is 37.3 Å². The van der Waals surface area contributed by atoms with Crippen LogP contribution < -0.4 is 9.47 Å². The molecule has 0 aliphatic heterocycles. The molecule has 0 radical (unpaired) electrons. The first kappa shape index (κ1) is 21.2. The topological polar surface area (TPSA) is 77.8 Å². The van der Waals surface area contributed by atoms with Crippen LogP contribution in [0.2, 0.25) is 0 Å². The van der Waals surface area contributed by atoms with E-state index in [1.165, 1.54) is 29.7 Å². The zero-order chi connectivity index (χ0) is 22.1. The Morgan fingerprint density at radius 2 is 1.83 bits per heavy atom. The van der Waals surface area contributed by atoms with Gasteiger partial charge in [0.2, 0.25) is 5.91 Å². The second kappa shape index (κ2) is 8.10. The summed E-state index contributed by atoms with van der Waals surface area (Å²) in [6.07, 6.45) is -4.54. The maximum atomic E-state index is 12.6. The van der Waals surface area contributed by atoms with E-state index in [1.807, 2.05) is 0 Å². The third kappa shape index (κ3) is 4.73. The van der Waals surface area contributed by atoms with Gasteiger partial charge in [0.05, 0.1) is 5.52 Å². The first-order chi connectivity index (χ1) is 14.0. The molecule has 3 rings (SSSR count). The second-order valence-electron chi connectivity index (χ2n) is 6.65. The number of benzene rings is 2. The molecule has 3 aromatic rings. The molecule has 30 heavy (non-hydrogen) atoms. The molecule has 0 fully saturated rings. The van der Waals surface area contributed by atoms with Crippen LogP contribution in [-0.2, 0) is 11.2 Å². The largest absolute Gasteiger partial charge is 0.573 e. The van der Waals surface area contributed by atoms with Gasteiger partial charge in [-0.2, -0.15) is 0 Å². The molecule has 0 saturated carbocycles. The van der Waals surface area contributed by atoms with Crippen molar-refractivity contribution in [3.8, 4) is 11.5 Å². The number of carbonyl (C=O) groups is 2. The molecule has 0 saturated heterocycles. The SMILES string of the molecule is CC(=O)n1c(C)c(Cc2cccc(OCC(=O)O)c2)c2cc(OC(F)(F)F)ccc21. The molecule has 1 heterocycles. The van der Waals surface area contributed by atoms with Gasteiger partial charge in [-0.25, -0.2) is 4.79 Å². The van der Waals surface area contributed by atoms with Crippen LogP contribution in [0.1, 0.15) is 28.5 Å². The fourth-order valence-corrected chi connectivity index (χ4v) is 3.38. The van der Waals surface area contributed by atoms with Crippen molar-refractivity contribution in [3.63, 3.8) is 0 Å². The number of carbonyl (C=O) groups excluding carboxylic acids is 1. The highest BCUT2D eigenvalue weighted by Crippen LogP contribution is 2.33. The van der Waals surface area contributed by atoms with Gasteiger partial charge < -0.3 is 14.6 Å². The summed E-state index contributed by atoms with van der Waals surface area (Å²) in [5.41, 5.74) is 2.47. The van der Waals surface area contributed by atoms with E-state index < -0.39 is 18.9 Å². The fourth-order valence-electron chi connectivity index (χ4n) is 3.38.